The molecule has 0 saturated heterocycles. The van der Waals surface area contributed by atoms with E-state index in [-0.39, 0.29) is 18.2 Å². The van der Waals surface area contributed by atoms with Gasteiger partial charge < -0.3 is 10.1 Å². The molecule has 7 nitrogen and oxygen atoms in total. The second-order valence-electron chi connectivity index (χ2n) is 6.41. The van der Waals surface area contributed by atoms with Crippen LogP contribution in [0.15, 0.2) is 47.8 Å². The molecule has 3 amide bonds. The van der Waals surface area contributed by atoms with E-state index in [9.17, 15) is 19.2 Å². The molecule has 2 aromatic rings. The molecular formula is C20H22N2O5S. The first kappa shape index (κ1) is 21.3. The largest absolute Gasteiger partial charge is 0.454 e. The highest BCUT2D eigenvalue weighted by atomic mass is 32.1. The Morgan fingerprint density at radius 1 is 1.00 bits per heavy atom. The number of hydrogen-bond acceptors (Lipinski definition) is 6. The lowest BCUT2D eigenvalue weighted by molar-refractivity contribution is -0.152. The highest BCUT2D eigenvalue weighted by Gasteiger charge is 2.27. The average Bonchev–Trinajstić information content (AvgIpc) is 3.19. The van der Waals surface area contributed by atoms with Crippen molar-refractivity contribution in [2.24, 2.45) is 5.92 Å². The fourth-order valence-corrected chi connectivity index (χ4v) is 2.99. The van der Waals surface area contributed by atoms with E-state index in [1.165, 1.54) is 11.3 Å². The van der Waals surface area contributed by atoms with E-state index in [1.807, 2.05) is 6.07 Å². The molecule has 0 aliphatic carbocycles. The van der Waals surface area contributed by atoms with Gasteiger partial charge in [0.25, 0.3) is 11.8 Å². The maximum absolute atomic E-state index is 12.3. The molecule has 0 bridgehead atoms. The zero-order chi connectivity index (χ0) is 20.5. The summed E-state index contributed by atoms with van der Waals surface area (Å²) in [6.45, 7) is 2.91. The first-order valence-electron chi connectivity index (χ1n) is 8.74. The minimum atomic E-state index is -0.901. The molecule has 0 saturated carbocycles. The molecule has 0 radical (unpaired) electrons. The van der Waals surface area contributed by atoms with Crippen molar-refractivity contribution in [2.45, 2.75) is 26.3 Å². The van der Waals surface area contributed by atoms with E-state index in [0.717, 1.165) is 5.56 Å². The van der Waals surface area contributed by atoms with Crippen molar-refractivity contribution in [3.05, 3.63) is 58.3 Å². The second kappa shape index (κ2) is 10.4. The fraction of sp³-hybridized carbons (Fsp3) is 0.300. The summed E-state index contributed by atoms with van der Waals surface area (Å²) < 4.78 is 4.98. The molecule has 8 heteroatoms. The highest BCUT2D eigenvalue weighted by molar-refractivity contribution is 7.12. The van der Waals surface area contributed by atoms with Crippen molar-refractivity contribution in [3.63, 3.8) is 0 Å². The van der Waals surface area contributed by atoms with Crippen LogP contribution in [0.5, 0.6) is 0 Å². The zero-order valence-corrected chi connectivity index (χ0v) is 16.5. The minimum Gasteiger partial charge on any atom is -0.454 e. The molecule has 0 aliphatic heterocycles. The maximum atomic E-state index is 12.3. The highest BCUT2D eigenvalue weighted by Crippen LogP contribution is 2.11. The molecule has 28 heavy (non-hydrogen) atoms. The summed E-state index contributed by atoms with van der Waals surface area (Å²) in [4.78, 5) is 48.6. The SMILES string of the molecule is CC(C)C(NC(=O)c1cccs1)C(=O)OCC(=O)NC(=O)Cc1ccccc1. The Kier molecular flexibility index (Phi) is 7.88. The van der Waals surface area contributed by atoms with Crippen LogP contribution in [-0.4, -0.2) is 36.3 Å². The van der Waals surface area contributed by atoms with E-state index < -0.39 is 30.4 Å². The van der Waals surface area contributed by atoms with Gasteiger partial charge in [0, 0.05) is 0 Å². The Bertz CT molecular complexity index is 818. The van der Waals surface area contributed by atoms with Crippen LogP contribution < -0.4 is 10.6 Å². The lowest BCUT2D eigenvalue weighted by Gasteiger charge is -2.20. The van der Waals surface area contributed by atoms with Crippen molar-refractivity contribution in [1.29, 1.82) is 0 Å². The van der Waals surface area contributed by atoms with Crippen molar-refractivity contribution in [3.8, 4) is 0 Å². The minimum absolute atomic E-state index is 0.0476. The number of rotatable bonds is 8. The predicted octanol–water partition coefficient (Wildman–Crippen LogP) is 1.93. The van der Waals surface area contributed by atoms with Gasteiger partial charge in [-0.1, -0.05) is 50.2 Å². The quantitative estimate of drug-likeness (QED) is 0.657. The number of carbonyl (C=O) groups excluding carboxylic acids is 4. The molecule has 1 heterocycles. The van der Waals surface area contributed by atoms with Crippen molar-refractivity contribution < 1.29 is 23.9 Å². The number of thiophene rings is 1. The van der Waals surface area contributed by atoms with Crippen LogP contribution >= 0.6 is 11.3 Å². The van der Waals surface area contributed by atoms with Gasteiger partial charge in [0.1, 0.15) is 6.04 Å². The maximum Gasteiger partial charge on any atom is 0.329 e. The summed E-state index contributed by atoms with van der Waals surface area (Å²) in [7, 11) is 0. The Balaban J connectivity index is 1.81. The van der Waals surface area contributed by atoms with Crippen molar-refractivity contribution in [1.82, 2.24) is 10.6 Å². The van der Waals surface area contributed by atoms with Gasteiger partial charge in [0.05, 0.1) is 11.3 Å². The van der Waals surface area contributed by atoms with E-state index >= 15 is 0 Å². The number of esters is 1. The van der Waals surface area contributed by atoms with Gasteiger partial charge >= 0.3 is 5.97 Å². The van der Waals surface area contributed by atoms with Crippen molar-refractivity contribution >= 4 is 35.0 Å². The third kappa shape index (κ3) is 6.62. The molecule has 1 aromatic carbocycles. The Labute approximate surface area is 167 Å². The van der Waals surface area contributed by atoms with Crippen LogP contribution in [0.3, 0.4) is 0 Å². The molecule has 2 rings (SSSR count). The summed E-state index contributed by atoms with van der Waals surface area (Å²) in [6.07, 6.45) is 0.0476. The number of amides is 3. The normalized spacial score (nSPS) is 11.5. The number of benzene rings is 1. The van der Waals surface area contributed by atoms with Crippen LogP contribution in [0, 0.1) is 5.92 Å². The first-order chi connectivity index (χ1) is 13.4. The molecular weight excluding hydrogens is 380 g/mol. The van der Waals surface area contributed by atoms with Gasteiger partial charge in [-0.2, -0.15) is 0 Å². The summed E-state index contributed by atoms with van der Waals surface area (Å²) in [5.41, 5.74) is 0.765. The molecule has 148 valence electrons. The molecule has 2 N–H and O–H groups in total. The summed E-state index contributed by atoms with van der Waals surface area (Å²) in [5, 5.41) is 6.55. The summed E-state index contributed by atoms with van der Waals surface area (Å²) in [6, 6.07) is 11.4. The van der Waals surface area contributed by atoms with Crippen LogP contribution in [0.4, 0.5) is 0 Å². The number of carbonyl (C=O) groups is 4. The Morgan fingerprint density at radius 3 is 2.32 bits per heavy atom. The monoisotopic (exact) mass is 402 g/mol. The third-order valence-corrected chi connectivity index (χ3v) is 4.65. The number of hydrogen-bond donors (Lipinski definition) is 2. The van der Waals surface area contributed by atoms with Gasteiger partial charge in [-0.25, -0.2) is 4.79 Å². The van der Waals surface area contributed by atoms with E-state index in [2.05, 4.69) is 10.6 Å². The van der Waals surface area contributed by atoms with E-state index in [0.29, 0.717) is 4.88 Å². The smallest absolute Gasteiger partial charge is 0.329 e. The molecule has 0 fully saturated rings. The van der Waals surface area contributed by atoms with Gasteiger partial charge in [0.2, 0.25) is 5.91 Å². The lowest BCUT2D eigenvalue weighted by Crippen LogP contribution is -2.46. The van der Waals surface area contributed by atoms with Gasteiger partial charge in [-0.15, -0.1) is 11.3 Å². The van der Waals surface area contributed by atoms with Gasteiger partial charge in [0.15, 0.2) is 6.61 Å². The topological polar surface area (TPSA) is 102 Å². The Morgan fingerprint density at radius 2 is 1.71 bits per heavy atom. The number of nitrogens with one attached hydrogen (secondary N) is 2. The van der Waals surface area contributed by atoms with Crippen LogP contribution in [0.25, 0.3) is 0 Å². The third-order valence-electron chi connectivity index (χ3n) is 3.78. The van der Waals surface area contributed by atoms with Crippen molar-refractivity contribution in [2.75, 3.05) is 6.61 Å². The fourth-order valence-electron chi connectivity index (χ4n) is 2.36. The molecule has 0 spiro atoms. The first-order valence-corrected chi connectivity index (χ1v) is 9.62. The number of imide groups is 1. The van der Waals surface area contributed by atoms with E-state index in [1.54, 1.807) is 55.6 Å². The average molecular weight is 402 g/mol. The molecule has 0 aliphatic rings. The second-order valence-corrected chi connectivity index (χ2v) is 7.36. The summed E-state index contributed by atoms with van der Waals surface area (Å²) in [5.74, 6) is -2.56. The van der Waals surface area contributed by atoms with Crippen LogP contribution in [0.1, 0.15) is 29.1 Å². The van der Waals surface area contributed by atoms with Crippen LogP contribution in [-0.2, 0) is 25.5 Å². The van der Waals surface area contributed by atoms with E-state index in [4.69, 9.17) is 4.74 Å². The summed E-state index contributed by atoms with van der Waals surface area (Å²) >= 11 is 1.26. The molecule has 1 aromatic heterocycles. The molecule has 1 unspecified atom stereocenters. The molecule has 1 atom stereocenters. The Hall–Kier alpha value is -3.00. The van der Waals surface area contributed by atoms with Crippen LogP contribution in [0.2, 0.25) is 0 Å². The number of ether oxygens (including phenoxy) is 1. The van der Waals surface area contributed by atoms with Gasteiger partial charge in [-0.3, -0.25) is 19.7 Å². The zero-order valence-electron chi connectivity index (χ0n) is 15.6. The predicted molar refractivity (Wildman–Crippen MR) is 105 cm³/mol. The van der Waals surface area contributed by atoms with Gasteiger partial charge in [-0.05, 0) is 22.9 Å². The lowest BCUT2D eigenvalue weighted by atomic mass is 10.0. The standard InChI is InChI=1S/C20H22N2O5S/c1-13(2)18(22-19(25)15-9-6-10-28-15)20(26)27-12-17(24)21-16(23)11-14-7-4-3-5-8-14/h3-10,13,18H,11-12H2,1-2H3,(H,22,25)(H,21,23,24).